The van der Waals surface area contributed by atoms with Crippen molar-refractivity contribution < 1.29 is 13.9 Å². The maximum Gasteiger partial charge on any atom is 0.347 e. The molecule has 0 saturated carbocycles. The summed E-state index contributed by atoms with van der Waals surface area (Å²) in [4.78, 5) is 22.8. The first-order valence-corrected chi connectivity index (χ1v) is 5.23. The molecule has 88 valence electrons. The van der Waals surface area contributed by atoms with Crippen LogP contribution in [0.15, 0.2) is 27.4 Å². The molecule has 0 fully saturated rings. The van der Waals surface area contributed by atoms with Crippen molar-refractivity contribution in [2.75, 3.05) is 7.11 Å². The lowest BCUT2D eigenvalue weighted by Gasteiger charge is -2.05. The second kappa shape index (κ2) is 4.22. The Morgan fingerprint density at radius 3 is 2.65 bits per heavy atom. The molecule has 1 aromatic heterocycles. The Labute approximate surface area is 102 Å². The summed E-state index contributed by atoms with van der Waals surface area (Å²) in [5.41, 5.74) is -0.389. The van der Waals surface area contributed by atoms with Gasteiger partial charge < -0.3 is 9.15 Å². The third kappa shape index (κ3) is 2.03. The van der Waals surface area contributed by atoms with Crippen LogP contribution in [0.3, 0.4) is 0 Å². The summed E-state index contributed by atoms with van der Waals surface area (Å²) in [5.74, 6) is 0.0132. The normalized spacial score (nSPS) is 10.5. The quantitative estimate of drug-likeness (QED) is 0.609. The number of methoxy groups -OCH3 is 1. The van der Waals surface area contributed by atoms with Gasteiger partial charge in [-0.25, -0.2) is 4.79 Å². The molecule has 17 heavy (non-hydrogen) atoms. The third-order valence-electron chi connectivity index (χ3n) is 2.36. The molecule has 1 aromatic carbocycles. The summed E-state index contributed by atoms with van der Waals surface area (Å²) in [6.45, 7) is 1.31. The molecule has 0 atom stereocenters. The zero-order valence-electron chi connectivity index (χ0n) is 9.24. The average molecular weight is 253 g/mol. The van der Waals surface area contributed by atoms with Gasteiger partial charge in [-0.05, 0) is 19.1 Å². The highest BCUT2D eigenvalue weighted by Gasteiger charge is 2.13. The lowest BCUT2D eigenvalue weighted by atomic mass is 10.1. The molecule has 0 aliphatic carbocycles. The van der Waals surface area contributed by atoms with Gasteiger partial charge in [-0.3, -0.25) is 4.79 Å². The molecule has 1 heterocycles. The number of hydrogen-bond acceptors (Lipinski definition) is 4. The average Bonchev–Trinajstić information content (AvgIpc) is 2.27. The molecule has 4 nitrogen and oxygen atoms in total. The van der Waals surface area contributed by atoms with Crippen LogP contribution in [0.25, 0.3) is 11.0 Å². The first-order valence-electron chi connectivity index (χ1n) is 4.85. The van der Waals surface area contributed by atoms with E-state index in [9.17, 15) is 9.59 Å². The van der Waals surface area contributed by atoms with Gasteiger partial charge in [0.2, 0.25) is 0 Å². The zero-order valence-corrected chi connectivity index (χ0v) is 10.00. The Kier molecular flexibility index (Phi) is 2.90. The van der Waals surface area contributed by atoms with E-state index in [-0.39, 0.29) is 16.9 Å². The lowest BCUT2D eigenvalue weighted by Crippen LogP contribution is -2.11. The van der Waals surface area contributed by atoms with Crippen molar-refractivity contribution in [3.8, 4) is 5.75 Å². The molecule has 0 spiro atoms. The van der Waals surface area contributed by atoms with E-state index in [4.69, 9.17) is 20.8 Å². The van der Waals surface area contributed by atoms with Gasteiger partial charge in [-0.15, -0.1) is 0 Å². The summed E-state index contributed by atoms with van der Waals surface area (Å²) in [7, 11) is 1.45. The van der Waals surface area contributed by atoms with Crippen molar-refractivity contribution in [3.63, 3.8) is 0 Å². The van der Waals surface area contributed by atoms with Gasteiger partial charge in [0.05, 0.1) is 7.11 Å². The SMILES string of the molecule is COc1cc(Cl)cc2cc(C(C)=O)c(=O)oc12. The molecule has 2 rings (SSSR count). The van der Waals surface area contributed by atoms with Crippen molar-refractivity contribution in [2.45, 2.75) is 6.92 Å². The second-order valence-corrected chi connectivity index (χ2v) is 3.97. The topological polar surface area (TPSA) is 56.5 Å². The molecule has 5 heteroatoms. The molecular formula is C12H9ClO4. The van der Waals surface area contributed by atoms with Crippen molar-refractivity contribution in [2.24, 2.45) is 0 Å². The number of halogens is 1. The summed E-state index contributed by atoms with van der Waals surface area (Å²) in [6.07, 6.45) is 0. The number of carbonyl (C=O) groups excluding carboxylic acids is 1. The molecule has 0 saturated heterocycles. The molecule has 0 bridgehead atoms. The zero-order chi connectivity index (χ0) is 12.6. The molecule has 2 aromatic rings. The first kappa shape index (κ1) is 11.7. The van der Waals surface area contributed by atoms with Gasteiger partial charge in [0.1, 0.15) is 5.56 Å². The van der Waals surface area contributed by atoms with Crippen LogP contribution >= 0.6 is 11.6 Å². The highest BCUT2D eigenvalue weighted by Crippen LogP contribution is 2.29. The van der Waals surface area contributed by atoms with E-state index in [2.05, 4.69) is 0 Å². The van der Waals surface area contributed by atoms with Crippen molar-refractivity contribution in [3.05, 3.63) is 39.2 Å². The maximum atomic E-state index is 11.6. The Morgan fingerprint density at radius 2 is 2.06 bits per heavy atom. The predicted octanol–water partition coefficient (Wildman–Crippen LogP) is 2.66. The molecule has 0 unspecified atom stereocenters. The summed E-state index contributed by atoms with van der Waals surface area (Å²) in [6, 6.07) is 4.60. The number of fused-ring (bicyclic) bond motifs is 1. The molecule has 0 radical (unpaired) electrons. The van der Waals surface area contributed by atoms with Crippen LogP contribution in [0.2, 0.25) is 5.02 Å². The number of ketones is 1. The number of hydrogen-bond donors (Lipinski definition) is 0. The van der Waals surface area contributed by atoms with Crippen LogP contribution in [0.5, 0.6) is 5.75 Å². The smallest absolute Gasteiger partial charge is 0.347 e. The Bertz CT molecular complexity index is 657. The Balaban J connectivity index is 2.87. The Hall–Kier alpha value is -1.81. The highest BCUT2D eigenvalue weighted by molar-refractivity contribution is 6.31. The van der Waals surface area contributed by atoms with Crippen LogP contribution in [0.4, 0.5) is 0 Å². The number of benzene rings is 1. The maximum absolute atomic E-state index is 11.6. The van der Waals surface area contributed by atoms with Gasteiger partial charge in [-0.1, -0.05) is 11.6 Å². The number of Topliss-reactive ketones (excluding diaryl/α,β-unsaturated/α-hetero) is 1. The fraction of sp³-hybridized carbons (Fsp3) is 0.167. The lowest BCUT2D eigenvalue weighted by molar-refractivity contribution is 0.101. The molecule has 0 N–H and O–H groups in total. The van der Waals surface area contributed by atoms with Gasteiger partial charge in [0, 0.05) is 16.5 Å². The molecule has 0 amide bonds. The van der Waals surface area contributed by atoms with E-state index >= 15 is 0 Å². The van der Waals surface area contributed by atoms with Crippen molar-refractivity contribution >= 4 is 28.4 Å². The van der Waals surface area contributed by atoms with Gasteiger partial charge in [0.15, 0.2) is 17.1 Å². The Morgan fingerprint density at radius 1 is 1.35 bits per heavy atom. The minimum absolute atomic E-state index is 0.00168. The number of carbonyl (C=O) groups is 1. The molecule has 0 aliphatic heterocycles. The van der Waals surface area contributed by atoms with E-state index in [0.29, 0.717) is 16.2 Å². The van der Waals surface area contributed by atoms with Gasteiger partial charge >= 0.3 is 5.63 Å². The van der Waals surface area contributed by atoms with Crippen LogP contribution in [0, 0.1) is 0 Å². The van der Waals surface area contributed by atoms with Gasteiger partial charge in [-0.2, -0.15) is 0 Å². The fourth-order valence-corrected chi connectivity index (χ4v) is 1.78. The fourth-order valence-electron chi connectivity index (χ4n) is 1.56. The van der Waals surface area contributed by atoms with E-state index in [0.717, 1.165) is 0 Å². The summed E-state index contributed by atoms with van der Waals surface area (Å²) < 4.78 is 10.1. The molecule has 0 aliphatic rings. The third-order valence-corrected chi connectivity index (χ3v) is 2.58. The van der Waals surface area contributed by atoms with E-state index in [1.165, 1.54) is 20.1 Å². The standard InChI is InChI=1S/C12H9ClO4/c1-6(14)9-4-7-3-8(13)5-10(16-2)11(7)17-12(9)15/h3-5H,1-2H3. The minimum Gasteiger partial charge on any atom is -0.493 e. The van der Waals surface area contributed by atoms with Crippen molar-refractivity contribution in [1.82, 2.24) is 0 Å². The number of rotatable bonds is 2. The summed E-state index contributed by atoms with van der Waals surface area (Å²) >= 11 is 5.89. The van der Waals surface area contributed by atoms with Crippen LogP contribution < -0.4 is 10.4 Å². The second-order valence-electron chi connectivity index (χ2n) is 3.53. The minimum atomic E-state index is -0.675. The van der Waals surface area contributed by atoms with E-state index in [1.54, 1.807) is 12.1 Å². The van der Waals surface area contributed by atoms with Crippen LogP contribution in [0.1, 0.15) is 17.3 Å². The summed E-state index contributed by atoms with van der Waals surface area (Å²) in [5, 5.41) is 0.997. The van der Waals surface area contributed by atoms with Crippen LogP contribution in [-0.4, -0.2) is 12.9 Å². The largest absolute Gasteiger partial charge is 0.493 e. The first-order chi connectivity index (χ1) is 8.02. The van der Waals surface area contributed by atoms with E-state index < -0.39 is 5.63 Å². The predicted molar refractivity (Wildman–Crippen MR) is 64.1 cm³/mol. The van der Waals surface area contributed by atoms with Crippen molar-refractivity contribution in [1.29, 1.82) is 0 Å². The molecular weight excluding hydrogens is 244 g/mol. The van der Waals surface area contributed by atoms with Gasteiger partial charge in [0.25, 0.3) is 0 Å². The monoisotopic (exact) mass is 252 g/mol. The van der Waals surface area contributed by atoms with Crippen LogP contribution in [-0.2, 0) is 0 Å². The van der Waals surface area contributed by atoms with E-state index in [1.807, 2.05) is 0 Å². The highest BCUT2D eigenvalue weighted by atomic mass is 35.5. The number of ether oxygens (including phenoxy) is 1.